The molecule has 0 spiro atoms. The van der Waals surface area contributed by atoms with E-state index in [1.165, 1.54) is 25.1 Å². The summed E-state index contributed by atoms with van der Waals surface area (Å²) in [6, 6.07) is 4.35. The molecular formula is C9H9BrO3. The topological polar surface area (TPSA) is 57.5 Å². The maximum Gasteiger partial charge on any atom is 0.148 e. The standard InChI is InChI=1S/C9H9BrO3/c1-5(11)9(10)8-6(12)3-2-4-7(8)13/h2-4,9,12-13H,1H3. The molecule has 0 aliphatic carbocycles. The van der Waals surface area contributed by atoms with E-state index >= 15 is 0 Å². The highest BCUT2D eigenvalue weighted by atomic mass is 79.9. The Labute approximate surface area is 84.1 Å². The van der Waals surface area contributed by atoms with Crippen LogP contribution in [0.1, 0.15) is 17.3 Å². The van der Waals surface area contributed by atoms with Crippen molar-refractivity contribution in [3.05, 3.63) is 23.8 Å². The molecular weight excluding hydrogens is 236 g/mol. The second kappa shape index (κ2) is 3.79. The van der Waals surface area contributed by atoms with Gasteiger partial charge in [0.25, 0.3) is 0 Å². The van der Waals surface area contributed by atoms with E-state index < -0.39 is 4.83 Å². The third-order valence-electron chi connectivity index (χ3n) is 1.67. The van der Waals surface area contributed by atoms with Crippen LogP contribution in [0.2, 0.25) is 0 Å². The molecule has 0 aliphatic heterocycles. The summed E-state index contributed by atoms with van der Waals surface area (Å²) in [5.41, 5.74) is 0.218. The van der Waals surface area contributed by atoms with Crippen molar-refractivity contribution in [1.29, 1.82) is 0 Å². The highest BCUT2D eigenvalue weighted by Crippen LogP contribution is 2.37. The van der Waals surface area contributed by atoms with Gasteiger partial charge in [-0.1, -0.05) is 22.0 Å². The number of halogens is 1. The molecule has 0 saturated carbocycles. The van der Waals surface area contributed by atoms with Crippen molar-refractivity contribution >= 4 is 21.7 Å². The summed E-state index contributed by atoms with van der Waals surface area (Å²) in [5, 5.41) is 18.7. The first-order valence-corrected chi connectivity index (χ1v) is 4.61. The van der Waals surface area contributed by atoms with Gasteiger partial charge in [-0.2, -0.15) is 0 Å². The van der Waals surface area contributed by atoms with Gasteiger partial charge in [0.2, 0.25) is 0 Å². The average molecular weight is 245 g/mol. The number of hydrogen-bond donors (Lipinski definition) is 2. The quantitative estimate of drug-likeness (QED) is 0.784. The van der Waals surface area contributed by atoms with Gasteiger partial charge < -0.3 is 10.2 Å². The Morgan fingerprint density at radius 1 is 1.38 bits per heavy atom. The highest BCUT2D eigenvalue weighted by molar-refractivity contribution is 9.09. The van der Waals surface area contributed by atoms with Crippen LogP contribution in [0.5, 0.6) is 11.5 Å². The van der Waals surface area contributed by atoms with Gasteiger partial charge >= 0.3 is 0 Å². The fraction of sp³-hybridized carbons (Fsp3) is 0.222. The lowest BCUT2D eigenvalue weighted by Gasteiger charge is -2.10. The maximum absolute atomic E-state index is 11.0. The molecule has 1 atom stereocenters. The molecule has 1 unspecified atom stereocenters. The van der Waals surface area contributed by atoms with E-state index in [1.54, 1.807) is 0 Å². The Morgan fingerprint density at radius 2 is 1.85 bits per heavy atom. The largest absolute Gasteiger partial charge is 0.507 e. The number of carbonyl (C=O) groups excluding carboxylic acids is 1. The molecule has 1 aromatic carbocycles. The Morgan fingerprint density at radius 3 is 2.23 bits per heavy atom. The average Bonchev–Trinajstić information content (AvgIpc) is 2.03. The minimum Gasteiger partial charge on any atom is -0.507 e. The first-order valence-electron chi connectivity index (χ1n) is 3.69. The molecule has 0 heterocycles. The third kappa shape index (κ3) is 2.01. The number of benzene rings is 1. The molecule has 70 valence electrons. The van der Waals surface area contributed by atoms with Crippen LogP contribution in [0.15, 0.2) is 18.2 Å². The van der Waals surface area contributed by atoms with Gasteiger partial charge in [0.1, 0.15) is 22.1 Å². The molecule has 0 radical (unpaired) electrons. The van der Waals surface area contributed by atoms with Crippen molar-refractivity contribution < 1.29 is 15.0 Å². The molecule has 0 amide bonds. The van der Waals surface area contributed by atoms with Gasteiger partial charge in [-0.25, -0.2) is 0 Å². The van der Waals surface area contributed by atoms with Crippen LogP contribution in [-0.2, 0) is 4.79 Å². The van der Waals surface area contributed by atoms with Gasteiger partial charge in [0.05, 0.1) is 5.56 Å². The summed E-state index contributed by atoms with van der Waals surface area (Å²) in [6.07, 6.45) is 0. The Balaban J connectivity index is 3.20. The maximum atomic E-state index is 11.0. The first kappa shape index (κ1) is 10.1. The van der Waals surface area contributed by atoms with Crippen LogP contribution < -0.4 is 0 Å². The normalized spacial score (nSPS) is 12.5. The molecule has 1 aromatic rings. The molecule has 0 fully saturated rings. The van der Waals surface area contributed by atoms with Crippen LogP contribution >= 0.6 is 15.9 Å². The number of carbonyl (C=O) groups is 1. The third-order valence-corrected chi connectivity index (χ3v) is 2.77. The van der Waals surface area contributed by atoms with Crippen LogP contribution in [0, 0.1) is 0 Å². The molecule has 0 saturated heterocycles. The van der Waals surface area contributed by atoms with E-state index in [0.29, 0.717) is 0 Å². The minimum absolute atomic E-state index is 0.0860. The summed E-state index contributed by atoms with van der Waals surface area (Å²) in [6.45, 7) is 1.38. The molecule has 13 heavy (non-hydrogen) atoms. The number of phenolic OH excluding ortho intramolecular Hbond substituents is 2. The second-order valence-electron chi connectivity index (χ2n) is 2.68. The first-order chi connectivity index (χ1) is 6.04. The molecule has 0 aliphatic rings. The fourth-order valence-electron chi connectivity index (χ4n) is 1.00. The molecule has 0 aromatic heterocycles. The number of aromatic hydroxyl groups is 2. The fourth-order valence-corrected chi connectivity index (χ4v) is 1.47. The smallest absolute Gasteiger partial charge is 0.148 e. The minimum atomic E-state index is -0.659. The number of Topliss-reactive ketones (excluding diaryl/α,β-unsaturated/α-hetero) is 1. The summed E-state index contributed by atoms with van der Waals surface area (Å²) in [7, 11) is 0. The molecule has 0 bridgehead atoms. The van der Waals surface area contributed by atoms with Crippen LogP contribution in [-0.4, -0.2) is 16.0 Å². The Bertz CT molecular complexity index is 315. The molecule has 1 rings (SSSR count). The predicted octanol–water partition coefficient (Wildman–Crippen LogP) is 2.12. The lowest BCUT2D eigenvalue weighted by atomic mass is 10.1. The number of ketones is 1. The van der Waals surface area contributed by atoms with Crippen LogP contribution in [0.3, 0.4) is 0 Å². The van der Waals surface area contributed by atoms with Gasteiger partial charge in [-0.3, -0.25) is 4.79 Å². The van der Waals surface area contributed by atoms with Crippen molar-refractivity contribution in [2.75, 3.05) is 0 Å². The van der Waals surface area contributed by atoms with E-state index in [2.05, 4.69) is 15.9 Å². The summed E-state index contributed by atoms with van der Waals surface area (Å²) < 4.78 is 0. The Hall–Kier alpha value is -1.03. The van der Waals surface area contributed by atoms with Gasteiger partial charge in [0, 0.05) is 0 Å². The van der Waals surface area contributed by atoms with Crippen LogP contribution in [0.4, 0.5) is 0 Å². The van der Waals surface area contributed by atoms with Crippen molar-refractivity contribution in [3.8, 4) is 11.5 Å². The molecule has 4 heteroatoms. The van der Waals surface area contributed by atoms with E-state index in [-0.39, 0.29) is 22.8 Å². The molecule has 3 nitrogen and oxygen atoms in total. The van der Waals surface area contributed by atoms with Crippen molar-refractivity contribution in [2.24, 2.45) is 0 Å². The number of rotatable bonds is 2. The zero-order valence-electron chi connectivity index (χ0n) is 6.99. The van der Waals surface area contributed by atoms with Gasteiger partial charge in [0.15, 0.2) is 0 Å². The van der Waals surface area contributed by atoms with Crippen LogP contribution in [0.25, 0.3) is 0 Å². The second-order valence-corrected chi connectivity index (χ2v) is 3.60. The highest BCUT2D eigenvalue weighted by Gasteiger charge is 2.19. The van der Waals surface area contributed by atoms with Gasteiger partial charge in [-0.15, -0.1) is 0 Å². The van der Waals surface area contributed by atoms with Crippen molar-refractivity contribution in [3.63, 3.8) is 0 Å². The number of alkyl halides is 1. The zero-order chi connectivity index (χ0) is 10.0. The lowest BCUT2D eigenvalue weighted by Crippen LogP contribution is -2.01. The summed E-state index contributed by atoms with van der Waals surface area (Å²) in [4.78, 5) is 10.3. The lowest BCUT2D eigenvalue weighted by molar-refractivity contribution is -0.116. The SMILES string of the molecule is CC(=O)C(Br)c1c(O)cccc1O. The van der Waals surface area contributed by atoms with Gasteiger partial charge in [-0.05, 0) is 19.1 Å². The van der Waals surface area contributed by atoms with Crippen molar-refractivity contribution in [1.82, 2.24) is 0 Å². The predicted molar refractivity (Wildman–Crippen MR) is 52.1 cm³/mol. The zero-order valence-corrected chi connectivity index (χ0v) is 8.58. The van der Waals surface area contributed by atoms with E-state index in [9.17, 15) is 15.0 Å². The van der Waals surface area contributed by atoms with E-state index in [0.717, 1.165) is 0 Å². The van der Waals surface area contributed by atoms with E-state index in [1.807, 2.05) is 0 Å². The molecule has 2 N–H and O–H groups in total. The summed E-state index contributed by atoms with van der Waals surface area (Å²) >= 11 is 3.08. The number of phenols is 2. The summed E-state index contributed by atoms with van der Waals surface area (Å²) in [5.74, 6) is -0.342. The van der Waals surface area contributed by atoms with Crippen molar-refractivity contribution in [2.45, 2.75) is 11.8 Å². The van der Waals surface area contributed by atoms with E-state index in [4.69, 9.17) is 0 Å². The number of hydrogen-bond acceptors (Lipinski definition) is 3. The Kier molecular flexibility index (Phi) is 2.93. The monoisotopic (exact) mass is 244 g/mol.